The molecule has 4 nitrogen and oxygen atoms in total. The van der Waals surface area contributed by atoms with Crippen molar-refractivity contribution in [2.24, 2.45) is 0 Å². The van der Waals surface area contributed by atoms with E-state index in [-0.39, 0.29) is 0 Å². The third-order valence-corrected chi connectivity index (χ3v) is 2.89. The summed E-state index contributed by atoms with van der Waals surface area (Å²) in [6.45, 7) is 6.68. The summed E-state index contributed by atoms with van der Waals surface area (Å²) < 4.78 is 5.53. The number of aromatic nitrogens is 2. The van der Waals surface area contributed by atoms with Gasteiger partial charge >= 0.3 is 0 Å². The zero-order valence-electron chi connectivity index (χ0n) is 11.6. The smallest absolute Gasteiger partial charge is 0.119 e. The summed E-state index contributed by atoms with van der Waals surface area (Å²) in [5.41, 5.74) is 3.35. The number of nitrogens with zero attached hydrogens (tertiary/aromatic N) is 1. The standard InChI is InChI=1S/C15H21N3O/c1-3-8-16-10-13-11-17-18-15(13)12-6-5-7-14(9-12)19-4-2/h5-7,9,11,16H,3-4,8,10H2,1-2H3,(H,17,18). The van der Waals surface area contributed by atoms with Gasteiger partial charge in [0.1, 0.15) is 5.75 Å². The van der Waals surface area contributed by atoms with Crippen LogP contribution in [0.5, 0.6) is 5.75 Å². The van der Waals surface area contributed by atoms with Crippen molar-refractivity contribution in [2.45, 2.75) is 26.8 Å². The number of rotatable bonds is 7. The first kappa shape index (κ1) is 13.6. The molecule has 0 aliphatic carbocycles. The second-order valence-corrected chi connectivity index (χ2v) is 4.41. The molecule has 0 bridgehead atoms. The summed E-state index contributed by atoms with van der Waals surface area (Å²) in [4.78, 5) is 0. The average molecular weight is 259 g/mol. The fourth-order valence-corrected chi connectivity index (χ4v) is 2.00. The lowest BCUT2D eigenvalue weighted by molar-refractivity contribution is 0.340. The van der Waals surface area contributed by atoms with Gasteiger partial charge in [0.15, 0.2) is 0 Å². The lowest BCUT2D eigenvalue weighted by atomic mass is 10.1. The number of nitrogens with one attached hydrogen (secondary N) is 2. The van der Waals surface area contributed by atoms with Crippen molar-refractivity contribution in [1.29, 1.82) is 0 Å². The Hall–Kier alpha value is -1.81. The van der Waals surface area contributed by atoms with Gasteiger partial charge in [-0.05, 0) is 32.0 Å². The highest BCUT2D eigenvalue weighted by molar-refractivity contribution is 5.64. The first-order valence-electron chi connectivity index (χ1n) is 6.81. The molecule has 0 saturated carbocycles. The Bertz CT molecular complexity index is 508. The van der Waals surface area contributed by atoms with Crippen LogP contribution in [0.3, 0.4) is 0 Å². The lowest BCUT2D eigenvalue weighted by Crippen LogP contribution is -2.13. The molecule has 0 saturated heterocycles. The minimum Gasteiger partial charge on any atom is -0.494 e. The van der Waals surface area contributed by atoms with Crippen LogP contribution in [0.1, 0.15) is 25.8 Å². The summed E-state index contributed by atoms with van der Waals surface area (Å²) in [5.74, 6) is 0.891. The van der Waals surface area contributed by atoms with E-state index in [1.165, 1.54) is 5.56 Å². The maximum Gasteiger partial charge on any atom is 0.119 e. The molecular formula is C15H21N3O. The van der Waals surface area contributed by atoms with Crippen molar-refractivity contribution >= 4 is 0 Å². The predicted octanol–water partition coefficient (Wildman–Crippen LogP) is 2.98. The van der Waals surface area contributed by atoms with Gasteiger partial charge in [-0.3, -0.25) is 5.10 Å². The molecular weight excluding hydrogens is 238 g/mol. The van der Waals surface area contributed by atoms with Gasteiger partial charge < -0.3 is 10.1 Å². The molecule has 19 heavy (non-hydrogen) atoms. The van der Waals surface area contributed by atoms with Gasteiger partial charge in [-0.15, -0.1) is 0 Å². The normalized spacial score (nSPS) is 10.6. The van der Waals surface area contributed by atoms with E-state index in [9.17, 15) is 0 Å². The molecule has 4 heteroatoms. The molecule has 0 spiro atoms. The predicted molar refractivity (Wildman–Crippen MR) is 77.2 cm³/mol. The minimum atomic E-state index is 0.678. The number of hydrogen-bond donors (Lipinski definition) is 2. The molecule has 1 heterocycles. The Morgan fingerprint density at radius 3 is 3.00 bits per heavy atom. The van der Waals surface area contributed by atoms with Crippen LogP contribution in [-0.2, 0) is 6.54 Å². The van der Waals surface area contributed by atoms with Crippen LogP contribution >= 0.6 is 0 Å². The van der Waals surface area contributed by atoms with Crippen molar-refractivity contribution in [3.8, 4) is 17.0 Å². The molecule has 0 aliphatic heterocycles. The second kappa shape index (κ2) is 6.95. The van der Waals surface area contributed by atoms with Crippen LogP contribution in [-0.4, -0.2) is 23.3 Å². The number of H-pyrrole nitrogens is 1. The Labute approximate surface area is 114 Å². The zero-order chi connectivity index (χ0) is 13.5. The Kier molecular flexibility index (Phi) is 4.98. The van der Waals surface area contributed by atoms with Crippen molar-refractivity contribution in [2.75, 3.05) is 13.2 Å². The molecule has 0 atom stereocenters. The van der Waals surface area contributed by atoms with Gasteiger partial charge in [0.05, 0.1) is 18.5 Å². The molecule has 102 valence electrons. The van der Waals surface area contributed by atoms with E-state index in [2.05, 4.69) is 28.5 Å². The highest BCUT2D eigenvalue weighted by Crippen LogP contribution is 2.25. The molecule has 0 amide bonds. The van der Waals surface area contributed by atoms with Crippen molar-refractivity contribution in [1.82, 2.24) is 15.5 Å². The van der Waals surface area contributed by atoms with E-state index >= 15 is 0 Å². The summed E-state index contributed by atoms with van der Waals surface area (Å²) >= 11 is 0. The van der Waals surface area contributed by atoms with Gasteiger partial charge in [0.25, 0.3) is 0 Å². The third-order valence-electron chi connectivity index (χ3n) is 2.89. The monoisotopic (exact) mass is 259 g/mol. The molecule has 2 N–H and O–H groups in total. The van der Waals surface area contributed by atoms with Crippen LogP contribution in [0.4, 0.5) is 0 Å². The molecule has 2 aromatic rings. The van der Waals surface area contributed by atoms with Gasteiger partial charge in [-0.25, -0.2) is 0 Å². The van der Waals surface area contributed by atoms with E-state index in [4.69, 9.17) is 4.74 Å². The highest BCUT2D eigenvalue weighted by atomic mass is 16.5. The molecule has 1 aromatic carbocycles. The Morgan fingerprint density at radius 1 is 1.32 bits per heavy atom. The summed E-state index contributed by atoms with van der Waals surface area (Å²) in [7, 11) is 0. The fraction of sp³-hybridized carbons (Fsp3) is 0.400. The van der Waals surface area contributed by atoms with E-state index in [1.54, 1.807) is 0 Å². The van der Waals surface area contributed by atoms with Crippen LogP contribution in [0, 0.1) is 0 Å². The first-order valence-corrected chi connectivity index (χ1v) is 6.81. The minimum absolute atomic E-state index is 0.678. The fourth-order valence-electron chi connectivity index (χ4n) is 2.00. The summed E-state index contributed by atoms with van der Waals surface area (Å²) in [6.07, 6.45) is 3.01. The van der Waals surface area contributed by atoms with Gasteiger partial charge in [0, 0.05) is 17.7 Å². The molecule has 1 aromatic heterocycles. The number of ether oxygens (including phenoxy) is 1. The van der Waals surface area contributed by atoms with Crippen LogP contribution in [0.2, 0.25) is 0 Å². The van der Waals surface area contributed by atoms with E-state index in [0.717, 1.165) is 36.5 Å². The van der Waals surface area contributed by atoms with E-state index < -0.39 is 0 Å². The van der Waals surface area contributed by atoms with Gasteiger partial charge in [-0.1, -0.05) is 19.1 Å². The molecule has 0 aliphatic rings. The second-order valence-electron chi connectivity index (χ2n) is 4.41. The maximum absolute atomic E-state index is 5.53. The van der Waals surface area contributed by atoms with Gasteiger partial charge in [0.2, 0.25) is 0 Å². The first-order chi connectivity index (χ1) is 9.35. The topological polar surface area (TPSA) is 49.9 Å². The van der Waals surface area contributed by atoms with Crippen molar-refractivity contribution < 1.29 is 4.74 Å². The van der Waals surface area contributed by atoms with E-state index in [0.29, 0.717) is 6.61 Å². The van der Waals surface area contributed by atoms with Crippen molar-refractivity contribution in [3.63, 3.8) is 0 Å². The van der Waals surface area contributed by atoms with Crippen LogP contribution < -0.4 is 10.1 Å². The average Bonchev–Trinajstić information content (AvgIpc) is 2.88. The highest BCUT2D eigenvalue weighted by Gasteiger charge is 2.08. The molecule has 0 fully saturated rings. The Balaban J connectivity index is 2.16. The number of hydrogen-bond acceptors (Lipinski definition) is 3. The molecule has 2 rings (SSSR count). The Morgan fingerprint density at radius 2 is 2.21 bits per heavy atom. The lowest BCUT2D eigenvalue weighted by Gasteiger charge is -2.07. The third kappa shape index (κ3) is 3.58. The maximum atomic E-state index is 5.53. The largest absolute Gasteiger partial charge is 0.494 e. The molecule has 0 radical (unpaired) electrons. The van der Waals surface area contributed by atoms with Gasteiger partial charge in [-0.2, -0.15) is 5.10 Å². The molecule has 0 unspecified atom stereocenters. The van der Waals surface area contributed by atoms with E-state index in [1.807, 2.05) is 31.3 Å². The number of benzene rings is 1. The number of aromatic amines is 1. The summed E-state index contributed by atoms with van der Waals surface area (Å²) in [6, 6.07) is 8.09. The zero-order valence-corrected chi connectivity index (χ0v) is 11.6. The quantitative estimate of drug-likeness (QED) is 0.752. The van der Waals surface area contributed by atoms with Crippen LogP contribution in [0.15, 0.2) is 30.5 Å². The summed E-state index contributed by atoms with van der Waals surface area (Å²) in [5, 5.41) is 10.6. The van der Waals surface area contributed by atoms with Crippen LogP contribution in [0.25, 0.3) is 11.3 Å². The van der Waals surface area contributed by atoms with Crippen molar-refractivity contribution in [3.05, 3.63) is 36.0 Å². The SMILES string of the molecule is CCCNCc1cn[nH]c1-c1cccc(OCC)c1.